The predicted octanol–water partition coefficient (Wildman–Crippen LogP) is 2.87. The second kappa shape index (κ2) is 8.37. The summed E-state index contributed by atoms with van der Waals surface area (Å²) in [5.74, 6) is 1.83. The van der Waals surface area contributed by atoms with Gasteiger partial charge in [0.25, 0.3) is 5.91 Å². The van der Waals surface area contributed by atoms with Gasteiger partial charge in [-0.05, 0) is 37.8 Å². The number of nitrogens with one attached hydrogen (secondary N) is 2. The maximum absolute atomic E-state index is 13.2. The first-order valence-electron chi connectivity index (χ1n) is 11.4. The number of carbonyl (C=O) groups is 2. The highest BCUT2D eigenvalue weighted by molar-refractivity contribution is 5.99. The van der Waals surface area contributed by atoms with E-state index in [1.165, 1.54) is 19.0 Å². The zero-order chi connectivity index (χ0) is 22.2. The zero-order valence-corrected chi connectivity index (χ0v) is 18.5. The van der Waals surface area contributed by atoms with Gasteiger partial charge in [-0.2, -0.15) is 4.98 Å². The van der Waals surface area contributed by atoms with Crippen LogP contribution in [0.25, 0.3) is 0 Å². The van der Waals surface area contributed by atoms with Crippen molar-refractivity contribution >= 4 is 35.1 Å². The average Bonchev–Trinajstić information content (AvgIpc) is 3.50. The number of amides is 2. The van der Waals surface area contributed by atoms with Gasteiger partial charge in [0.2, 0.25) is 11.9 Å². The number of aromatic nitrogens is 3. The van der Waals surface area contributed by atoms with Gasteiger partial charge in [-0.15, -0.1) is 0 Å². The van der Waals surface area contributed by atoms with Crippen LogP contribution in [0.15, 0.2) is 24.5 Å². The van der Waals surface area contributed by atoms with E-state index in [0.29, 0.717) is 23.4 Å². The van der Waals surface area contributed by atoms with E-state index in [4.69, 9.17) is 4.98 Å². The van der Waals surface area contributed by atoms with E-state index < -0.39 is 0 Å². The van der Waals surface area contributed by atoms with Gasteiger partial charge >= 0.3 is 0 Å². The molecule has 32 heavy (non-hydrogen) atoms. The third-order valence-corrected chi connectivity index (χ3v) is 7.05. The van der Waals surface area contributed by atoms with Crippen LogP contribution < -0.4 is 20.4 Å². The molecule has 0 spiro atoms. The first kappa shape index (κ1) is 20.7. The lowest BCUT2D eigenvalue weighted by Gasteiger charge is -2.36. The summed E-state index contributed by atoms with van der Waals surface area (Å²) < 4.78 is 0. The van der Waals surface area contributed by atoms with Gasteiger partial charge in [0, 0.05) is 32.4 Å². The fraction of sp³-hybridized carbons (Fsp3) is 0.522. The van der Waals surface area contributed by atoms with E-state index in [2.05, 4.69) is 25.5 Å². The smallest absolute Gasteiger partial charge is 0.252 e. The Balaban J connectivity index is 1.50. The maximum Gasteiger partial charge on any atom is 0.252 e. The van der Waals surface area contributed by atoms with E-state index in [9.17, 15) is 9.59 Å². The lowest BCUT2D eigenvalue weighted by Crippen LogP contribution is -2.46. The average molecular weight is 436 g/mol. The summed E-state index contributed by atoms with van der Waals surface area (Å²) in [5.41, 5.74) is 1.26. The van der Waals surface area contributed by atoms with Crippen LogP contribution in [0.1, 0.15) is 55.3 Å². The van der Waals surface area contributed by atoms with Crippen molar-refractivity contribution in [2.24, 2.45) is 5.92 Å². The second-order valence-corrected chi connectivity index (χ2v) is 8.89. The SMILES string of the molecule is CNC(=O)c1ccc(Nc2ncc3c(n2)N(C2CCCC2)[C@@H]2CCC[C@@H]2C(=O)N3C)nc1. The normalized spacial score (nSPS) is 23.0. The van der Waals surface area contributed by atoms with Crippen LogP contribution in [0, 0.1) is 5.92 Å². The summed E-state index contributed by atoms with van der Waals surface area (Å²) in [6, 6.07) is 4.04. The molecule has 2 aromatic heterocycles. The van der Waals surface area contributed by atoms with E-state index in [0.717, 1.165) is 43.6 Å². The molecule has 3 aliphatic rings. The van der Waals surface area contributed by atoms with Crippen molar-refractivity contribution in [1.82, 2.24) is 20.3 Å². The van der Waals surface area contributed by atoms with Gasteiger partial charge in [-0.1, -0.05) is 19.3 Å². The van der Waals surface area contributed by atoms with E-state index in [1.807, 2.05) is 7.05 Å². The van der Waals surface area contributed by atoms with Crippen molar-refractivity contribution in [2.75, 3.05) is 29.2 Å². The van der Waals surface area contributed by atoms with Crippen LogP contribution >= 0.6 is 0 Å². The summed E-state index contributed by atoms with van der Waals surface area (Å²) in [6.07, 6.45) is 11.0. The van der Waals surface area contributed by atoms with Crippen LogP contribution in [0.3, 0.4) is 0 Å². The molecule has 2 saturated carbocycles. The van der Waals surface area contributed by atoms with Crippen molar-refractivity contribution in [1.29, 1.82) is 0 Å². The van der Waals surface area contributed by atoms with Gasteiger partial charge in [-0.3, -0.25) is 9.59 Å². The Bertz CT molecular complexity index is 1020. The molecule has 5 rings (SSSR count). The molecule has 9 nitrogen and oxygen atoms in total. The summed E-state index contributed by atoms with van der Waals surface area (Å²) in [7, 11) is 3.43. The lowest BCUT2D eigenvalue weighted by atomic mass is 9.99. The number of hydrogen-bond acceptors (Lipinski definition) is 7. The van der Waals surface area contributed by atoms with Gasteiger partial charge in [-0.25, -0.2) is 9.97 Å². The standard InChI is InChI=1S/C23H29N7O2/c1-24-21(31)14-10-11-19(25-12-14)27-23-26-13-18-20(28-23)30(15-6-3-4-7-15)17-9-5-8-16(17)22(32)29(18)2/h10-13,15-17H,3-9H2,1-2H3,(H,24,31)(H,25,26,27,28)/t16-,17+/m0/s1. The summed E-state index contributed by atoms with van der Waals surface area (Å²) in [6.45, 7) is 0. The third-order valence-electron chi connectivity index (χ3n) is 7.05. The minimum absolute atomic E-state index is 0.0186. The van der Waals surface area contributed by atoms with Crippen molar-refractivity contribution in [2.45, 2.75) is 57.0 Å². The number of fused-ring (bicyclic) bond motifs is 2. The molecule has 2 amide bonds. The Morgan fingerprint density at radius 1 is 1.06 bits per heavy atom. The molecular formula is C23H29N7O2. The number of carbonyl (C=O) groups excluding carboxylic acids is 2. The quantitative estimate of drug-likeness (QED) is 0.761. The topological polar surface area (TPSA) is 103 Å². The van der Waals surface area contributed by atoms with Crippen LogP contribution in [-0.2, 0) is 4.79 Å². The van der Waals surface area contributed by atoms with Gasteiger partial charge in [0.05, 0.1) is 17.7 Å². The van der Waals surface area contributed by atoms with Crippen molar-refractivity contribution in [3.63, 3.8) is 0 Å². The highest BCUT2D eigenvalue weighted by Crippen LogP contribution is 2.44. The molecule has 0 saturated heterocycles. The van der Waals surface area contributed by atoms with E-state index in [1.54, 1.807) is 30.3 Å². The largest absolute Gasteiger partial charge is 0.355 e. The zero-order valence-electron chi connectivity index (χ0n) is 18.5. The third kappa shape index (κ3) is 3.55. The number of anilines is 4. The minimum Gasteiger partial charge on any atom is -0.355 e. The summed E-state index contributed by atoms with van der Waals surface area (Å²) >= 11 is 0. The van der Waals surface area contributed by atoms with E-state index in [-0.39, 0.29) is 23.8 Å². The molecule has 2 fully saturated rings. The molecular weight excluding hydrogens is 406 g/mol. The van der Waals surface area contributed by atoms with Gasteiger partial charge < -0.3 is 20.4 Å². The van der Waals surface area contributed by atoms with Crippen molar-refractivity contribution in [3.05, 3.63) is 30.1 Å². The number of pyridine rings is 1. The fourth-order valence-electron chi connectivity index (χ4n) is 5.43. The molecule has 2 aliphatic carbocycles. The summed E-state index contributed by atoms with van der Waals surface area (Å²) in [5, 5.41) is 5.75. The highest BCUT2D eigenvalue weighted by atomic mass is 16.2. The van der Waals surface area contributed by atoms with Gasteiger partial charge in [0.15, 0.2) is 5.82 Å². The van der Waals surface area contributed by atoms with Crippen LogP contribution in [0.5, 0.6) is 0 Å². The maximum atomic E-state index is 13.2. The van der Waals surface area contributed by atoms with Crippen LogP contribution in [0.2, 0.25) is 0 Å². The molecule has 3 heterocycles. The molecule has 0 unspecified atom stereocenters. The number of hydrogen-bond donors (Lipinski definition) is 2. The van der Waals surface area contributed by atoms with Crippen LogP contribution in [0.4, 0.5) is 23.3 Å². The molecule has 1 aliphatic heterocycles. The molecule has 0 bridgehead atoms. The second-order valence-electron chi connectivity index (χ2n) is 8.89. The van der Waals surface area contributed by atoms with Crippen molar-refractivity contribution in [3.8, 4) is 0 Å². The molecule has 2 N–H and O–H groups in total. The molecule has 2 aromatic rings. The Labute approximate surface area is 187 Å². The lowest BCUT2D eigenvalue weighted by molar-refractivity contribution is -0.122. The van der Waals surface area contributed by atoms with Gasteiger partial charge in [0.1, 0.15) is 11.5 Å². The molecule has 9 heteroatoms. The van der Waals surface area contributed by atoms with Crippen LogP contribution in [-0.4, -0.2) is 52.9 Å². The first-order chi connectivity index (χ1) is 15.6. The fourth-order valence-corrected chi connectivity index (χ4v) is 5.43. The Morgan fingerprint density at radius 2 is 1.88 bits per heavy atom. The number of rotatable bonds is 4. The predicted molar refractivity (Wildman–Crippen MR) is 122 cm³/mol. The first-order valence-corrected chi connectivity index (χ1v) is 11.4. The molecule has 168 valence electrons. The number of nitrogens with zero attached hydrogens (tertiary/aromatic N) is 5. The van der Waals surface area contributed by atoms with Crippen molar-refractivity contribution < 1.29 is 9.59 Å². The molecule has 0 radical (unpaired) electrons. The Morgan fingerprint density at radius 3 is 2.59 bits per heavy atom. The Kier molecular flexibility index (Phi) is 5.40. The molecule has 2 atom stereocenters. The van der Waals surface area contributed by atoms with E-state index >= 15 is 0 Å². The highest BCUT2D eigenvalue weighted by Gasteiger charge is 2.45. The minimum atomic E-state index is -0.184. The monoisotopic (exact) mass is 435 g/mol. The molecule has 0 aromatic carbocycles. The summed E-state index contributed by atoms with van der Waals surface area (Å²) in [4.78, 5) is 42.9. The Hall–Kier alpha value is -3.23.